The summed E-state index contributed by atoms with van der Waals surface area (Å²) in [6.07, 6.45) is 3.82. The summed E-state index contributed by atoms with van der Waals surface area (Å²) in [5.74, 6) is 1.85. The summed E-state index contributed by atoms with van der Waals surface area (Å²) in [6, 6.07) is 2.47. The average Bonchev–Trinajstić information content (AvgIpc) is 2.98. The fourth-order valence-electron chi connectivity index (χ4n) is 2.67. The van der Waals surface area contributed by atoms with E-state index in [0.29, 0.717) is 6.04 Å². The number of hydrogen-bond acceptors (Lipinski definition) is 8. The van der Waals surface area contributed by atoms with Gasteiger partial charge in [-0.2, -0.15) is 4.37 Å². The molecule has 0 aliphatic carbocycles. The molecule has 8 heteroatoms. The van der Waals surface area contributed by atoms with Crippen molar-refractivity contribution in [3.8, 4) is 0 Å². The van der Waals surface area contributed by atoms with Crippen LogP contribution in [0, 0.1) is 6.92 Å². The molecule has 1 N–H and O–H groups in total. The van der Waals surface area contributed by atoms with E-state index in [1.54, 1.807) is 6.33 Å². The summed E-state index contributed by atoms with van der Waals surface area (Å²) < 4.78 is 4.44. The third-order valence-corrected chi connectivity index (χ3v) is 4.87. The van der Waals surface area contributed by atoms with Crippen LogP contribution in [0.4, 0.5) is 10.9 Å². The summed E-state index contributed by atoms with van der Waals surface area (Å²) in [7, 11) is 3.99. The normalized spacial score (nSPS) is 16.5. The van der Waals surface area contributed by atoms with Crippen molar-refractivity contribution < 1.29 is 0 Å². The van der Waals surface area contributed by atoms with E-state index in [0.717, 1.165) is 54.9 Å². The van der Waals surface area contributed by atoms with E-state index in [1.807, 2.05) is 32.0 Å². The molecule has 0 amide bonds. The Hall–Kier alpha value is -1.80. The average molecular weight is 333 g/mol. The third-order valence-electron chi connectivity index (χ3n) is 3.95. The van der Waals surface area contributed by atoms with Crippen LogP contribution in [0.5, 0.6) is 0 Å². The van der Waals surface area contributed by atoms with Crippen molar-refractivity contribution in [3.05, 3.63) is 23.9 Å². The van der Waals surface area contributed by atoms with E-state index in [9.17, 15) is 0 Å². The fraction of sp³-hybridized carbons (Fsp3) is 0.600. The van der Waals surface area contributed by atoms with Crippen LogP contribution in [0.3, 0.4) is 0 Å². The van der Waals surface area contributed by atoms with E-state index in [4.69, 9.17) is 0 Å². The number of aryl methyl sites for hydroxylation is 1. The zero-order chi connectivity index (χ0) is 16.2. The van der Waals surface area contributed by atoms with Crippen molar-refractivity contribution >= 4 is 22.5 Å². The molecule has 7 nitrogen and oxygen atoms in total. The van der Waals surface area contributed by atoms with Crippen LogP contribution >= 0.6 is 11.5 Å². The van der Waals surface area contributed by atoms with Gasteiger partial charge in [-0.1, -0.05) is 0 Å². The van der Waals surface area contributed by atoms with Gasteiger partial charge in [0.05, 0.1) is 6.54 Å². The fourth-order valence-corrected chi connectivity index (χ4v) is 3.26. The molecule has 1 fully saturated rings. The summed E-state index contributed by atoms with van der Waals surface area (Å²) >= 11 is 1.46. The Balaban J connectivity index is 1.48. The first-order chi connectivity index (χ1) is 11.1. The van der Waals surface area contributed by atoms with Crippen LogP contribution in [0.2, 0.25) is 0 Å². The van der Waals surface area contributed by atoms with E-state index in [-0.39, 0.29) is 0 Å². The topological polar surface area (TPSA) is 70.1 Å². The Morgan fingerprint density at radius 1 is 1.30 bits per heavy atom. The van der Waals surface area contributed by atoms with Gasteiger partial charge in [0.25, 0.3) is 0 Å². The Kier molecular flexibility index (Phi) is 5.02. The Bertz CT molecular complexity index is 634. The highest BCUT2D eigenvalue weighted by molar-refractivity contribution is 7.09. The van der Waals surface area contributed by atoms with Crippen LogP contribution in [-0.2, 0) is 6.54 Å². The van der Waals surface area contributed by atoms with Gasteiger partial charge in [-0.05, 0) is 19.8 Å². The molecular formula is C15H23N7S. The van der Waals surface area contributed by atoms with E-state index in [1.165, 1.54) is 11.5 Å². The molecule has 0 aromatic carbocycles. The van der Waals surface area contributed by atoms with E-state index >= 15 is 0 Å². The highest BCUT2D eigenvalue weighted by atomic mass is 32.1. The second kappa shape index (κ2) is 7.18. The van der Waals surface area contributed by atoms with Crippen molar-refractivity contribution in [1.82, 2.24) is 24.2 Å². The van der Waals surface area contributed by atoms with Gasteiger partial charge in [0.1, 0.15) is 12.1 Å². The van der Waals surface area contributed by atoms with Crippen LogP contribution in [0.1, 0.15) is 24.4 Å². The van der Waals surface area contributed by atoms with Crippen molar-refractivity contribution in [2.45, 2.75) is 32.4 Å². The first kappa shape index (κ1) is 16.1. The molecule has 3 rings (SSSR count). The van der Waals surface area contributed by atoms with Crippen molar-refractivity contribution in [1.29, 1.82) is 0 Å². The van der Waals surface area contributed by atoms with Gasteiger partial charge in [-0.25, -0.2) is 15.0 Å². The number of anilines is 2. The molecule has 2 aromatic rings. The molecule has 0 spiro atoms. The molecule has 0 bridgehead atoms. The van der Waals surface area contributed by atoms with Crippen molar-refractivity contribution in [2.24, 2.45) is 0 Å². The maximum Gasteiger partial charge on any atom is 0.204 e. The molecule has 3 heterocycles. The predicted octanol–water partition coefficient (Wildman–Crippen LogP) is 1.78. The number of nitrogens with one attached hydrogen (secondary N) is 1. The number of nitrogens with zero attached hydrogens (tertiary/aromatic N) is 6. The van der Waals surface area contributed by atoms with Gasteiger partial charge in [0, 0.05) is 56.5 Å². The highest BCUT2D eigenvalue weighted by Gasteiger charge is 2.20. The smallest absolute Gasteiger partial charge is 0.204 e. The minimum Gasteiger partial charge on any atom is -0.367 e. The van der Waals surface area contributed by atoms with Gasteiger partial charge in [0.2, 0.25) is 5.13 Å². The van der Waals surface area contributed by atoms with Crippen molar-refractivity contribution in [2.75, 3.05) is 37.4 Å². The Labute approximate surface area is 140 Å². The maximum absolute atomic E-state index is 4.56. The van der Waals surface area contributed by atoms with Crippen LogP contribution < -0.4 is 10.2 Å². The second-order valence-electron chi connectivity index (χ2n) is 6.13. The van der Waals surface area contributed by atoms with E-state index in [2.05, 4.69) is 29.5 Å². The van der Waals surface area contributed by atoms with Gasteiger partial charge in [-0.3, -0.25) is 4.90 Å². The van der Waals surface area contributed by atoms with Crippen LogP contribution in [0.25, 0.3) is 0 Å². The standard InChI is InChI=1S/C15H23N7S/c1-11-8-13(17-10-16-11)18-12-4-6-22(7-5-12)9-14-19-15(21(2)3)23-20-14/h8,10,12H,4-7,9H2,1-3H3,(H,16,17,18). The van der Waals surface area contributed by atoms with Crippen LogP contribution in [0.15, 0.2) is 12.4 Å². The minimum absolute atomic E-state index is 0.473. The van der Waals surface area contributed by atoms with Crippen LogP contribution in [-0.4, -0.2) is 57.5 Å². The zero-order valence-corrected chi connectivity index (χ0v) is 14.7. The van der Waals surface area contributed by atoms with Crippen molar-refractivity contribution in [3.63, 3.8) is 0 Å². The number of rotatable bonds is 5. The number of piperidine rings is 1. The third kappa shape index (κ3) is 4.35. The zero-order valence-electron chi connectivity index (χ0n) is 13.9. The molecule has 2 aromatic heterocycles. The number of hydrogen-bond donors (Lipinski definition) is 1. The highest BCUT2D eigenvalue weighted by Crippen LogP contribution is 2.19. The Morgan fingerprint density at radius 3 is 2.74 bits per heavy atom. The quantitative estimate of drug-likeness (QED) is 0.894. The first-order valence-corrected chi connectivity index (χ1v) is 8.65. The summed E-state index contributed by atoms with van der Waals surface area (Å²) in [4.78, 5) is 17.4. The lowest BCUT2D eigenvalue weighted by Gasteiger charge is -2.31. The number of aromatic nitrogens is 4. The van der Waals surface area contributed by atoms with Gasteiger partial charge >= 0.3 is 0 Å². The lowest BCUT2D eigenvalue weighted by molar-refractivity contribution is 0.207. The SMILES string of the molecule is Cc1cc(NC2CCN(Cc3nsc(N(C)C)n3)CC2)ncn1. The molecule has 0 unspecified atom stereocenters. The monoisotopic (exact) mass is 333 g/mol. The largest absolute Gasteiger partial charge is 0.367 e. The van der Waals surface area contributed by atoms with E-state index < -0.39 is 0 Å². The summed E-state index contributed by atoms with van der Waals surface area (Å²) in [6.45, 7) is 4.93. The lowest BCUT2D eigenvalue weighted by Crippen LogP contribution is -2.39. The molecule has 1 aliphatic heterocycles. The summed E-state index contributed by atoms with van der Waals surface area (Å²) in [5.41, 5.74) is 0.992. The summed E-state index contributed by atoms with van der Waals surface area (Å²) in [5, 5.41) is 4.48. The number of likely N-dealkylation sites (tertiary alicyclic amines) is 1. The predicted molar refractivity (Wildman–Crippen MR) is 92.9 cm³/mol. The first-order valence-electron chi connectivity index (χ1n) is 7.87. The minimum atomic E-state index is 0.473. The molecule has 23 heavy (non-hydrogen) atoms. The molecule has 124 valence electrons. The molecule has 1 saturated heterocycles. The van der Waals surface area contributed by atoms with Gasteiger partial charge in [0.15, 0.2) is 5.82 Å². The second-order valence-corrected chi connectivity index (χ2v) is 6.86. The molecule has 0 atom stereocenters. The van der Waals surface area contributed by atoms with Gasteiger partial charge < -0.3 is 10.2 Å². The lowest BCUT2D eigenvalue weighted by atomic mass is 10.1. The Morgan fingerprint density at radius 2 is 2.09 bits per heavy atom. The molecule has 0 saturated carbocycles. The molecular weight excluding hydrogens is 310 g/mol. The molecule has 0 radical (unpaired) electrons. The van der Waals surface area contributed by atoms with Gasteiger partial charge in [-0.15, -0.1) is 0 Å². The molecule has 1 aliphatic rings. The maximum atomic E-state index is 4.56.